The van der Waals surface area contributed by atoms with Crippen molar-refractivity contribution in [2.75, 3.05) is 12.4 Å². The largest absolute Gasteiger partial charge is 0.480 e. The third-order valence-corrected chi connectivity index (χ3v) is 4.79. The van der Waals surface area contributed by atoms with Crippen molar-refractivity contribution in [1.29, 1.82) is 0 Å². The topological polar surface area (TPSA) is 157 Å². The van der Waals surface area contributed by atoms with Crippen molar-refractivity contribution >= 4 is 35.6 Å². The lowest BCUT2D eigenvalue weighted by Crippen LogP contribution is -2.45. The number of Topliss-reactive ketones (excluding diaryl/α,β-unsaturated/α-hetero) is 1. The van der Waals surface area contributed by atoms with E-state index in [9.17, 15) is 29.1 Å². The van der Waals surface area contributed by atoms with E-state index in [4.69, 9.17) is 9.47 Å². The molecule has 0 aliphatic carbocycles. The summed E-state index contributed by atoms with van der Waals surface area (Å²) in [6.45, 7) is 4.82. The highest BCUT2D eigenvalue weighted by Gasteiger charge is 2.30. The van der Waals surface area contributed by atoms with Crippen LogP contribution in [0.1, 0.15) is 43.1 Å². The number of hydrogen-bond donors (Lipinski definition) is 3. The van der Waals surface area contributed by atoms with Gasteiger partial charge in [0.1, 0.15) is 11.6 Å². The van der Waals surface area contributed by atoms with Crippen LogP contribution >= 0.6 is 0 Å². The molecule has 1 unspecified atom stereocenters. The van der Waals surface area contributed by atoms with E-state index in [0.717, 1.165) is 0 Å². The minimum absolute atomic E-state index is 0.0325. The number of carbonyl (C=O) groups is 5. The number of ketones is 1. The Kier molecular flexibility index (Phi) is 10.2. The van der Waals surface area contributed by atoms with E-state index in [1.54, 1.807) is 51.1 Å². The van der Waals surface area contributed by atoms with Crippen LogP contribution in [0.5, 0.6) is 0 Å². The first-order valence-electron chi connectivity index (χ1n) is 11.3. The molecule has 11 heteroatoms. The molecule has 198 valence electrons. The van der Waals surface area contributed by atoms with Gasteiger partial charge in [0.25, 0.3) is 0 Å². The fourth-order valence-corrected chi connectivity index (χ4v) is 3.11. The van der Waals surface area contributed by atoms with E-state index in [1.807, 2.05) is 0 Å². The van der Waals surface area contributed by atoms with Gasteiger partial charge in [-0.3, -0.25) is 14.9 Å². The maximum atomic E-state index is 13.2. The Balaban J connectivity index is 2.18. The number of ether oxygens (including phenoxy) is 3. The third kappa shape index (κ3) is 10.0. The number of methoxy groups -OCH3 is 1. The van der Waals surface area contributed by atoms with E-state index in [-0.39, 0.29) is 12.0 Å². The summed E-state index contributed by atoms with van der Waals surface area (Å²) >= 11 is 0. The Labute approximate surface area is 214 Å². The molecule has 2 amide bonds. The van der Waals surface area contributed by atoms with Crippen LogP contribution in [0.25, 0.3) is 0 Å². The number of hydrogen-bond acceptors (Lipinski definition) is 8. The van der Waals surface area contributed by atoms with Crippen molar-refractivity contribution in [1.82, 2.24) is 5.32 Å². The Morgan fingerprint density at radius 2 is 1.54 bits per heavy atom. The van der Waals surface area contributed by atoms with Gasteiger partial charge in [0, 0.05) is 17.7 Å². The summed E-state index contributed by atoms with van der Waals surface area (Å²) in [5.41, 5.74) is 0.422. The van der Waals surface area contributed by atoms with Crippen LogP contribution in [0, 0.1) is 0 Å². The molecule has 2 rings (SSSR count). The number of carboxylic acid groups (broad SMARTS) is 1. The first-order chi connectivity index (χ1) is 17.4. The van der Waals surface area contributed by atoms with Crippen molar-refractivity contribution in [2.24, 2.45) is 0 Å². The SMILES string of the molecule is COC(=O)Nc1ccc(C(=O)[C@H](Cc2ccccc2)OC(=O)CC(NC(=O)OC(C)(C)C)C(=O)O)cc1. The van der Waals surface area contributed by atoms with Crippen molar-refractivity contribution in [2.45, 2.75) is 51.4 Å². The Morgan fingerprint density at radius 3 is 2.08 bits per heavy atom. The first kappa shape index (κ1) is 28.8. The van der Waals surface area contributed by atoms with Crippen molar-refractivity contribution in [3.63, 3.8) is 0 Å². The predicted octanol–water partition coefficient (Wildman–Crippen LogP) is 3.57. The van der Waals surface area contributed by atoms with E-state index in [2.05, 4.69) is 15.4 Å². The highest BCUT2D eigenvalue weighted by Crippen LogP contribution is 2.17. The van der Waals surface area contributed by atoms with Gasteiger partial charge in [0.05, 0.1) is 13.5 Å². The van der Waals surface area contributed by atoms with Crippen LogP contribution in [0.3, 0.4) is 0 Å². The summed E-state index contributed by atoms with van der Waals surface area (Å²) in [5, 5.41) is 14.0. The van der Waals surface area contributed by atoms with Gasteiger partial charge in [-0.2, -0.15) is 0 Å². The number of amides is 2. The molecular weight excluding hydrogens is 484 g/mol. The summed E-state index contributed by atoms with van der Waals surface area (Å²) in [4.78, 5) is 60.9. The molecule has 2 aromatic carbocycles. The van der Waals surface area contributed by atoms with Crippen LogP contribution in [0.15, 0.2) is 54.6 Å². The lowest BCUT2D eigenvalue weighted by atomic mass is 9.99. The Hall–Kier alpha value is -4.41. The van der Waals surface area contributed by atoms with Gasteiger partial charge in [-0.1, -0.05) is 30.3 Å². The van der Waals surface area contributed by atoms with E-state index in [0.29, 0.717) is 11.3 Å². The van der Waals surface area contributed by atoms with Gasteiger partial charge in [-0.15, -0.1) is 0 Å². The summed E-state index contributed by atoms with van der Waals surface area (Å²) < 4.78 is 15.0. The molecule has 0 radical (unpaired) electrons. The zero-order valence-electron chi connectivity index (χ0n) is 21.0. The average Bonchev–Trinajstić information content (AvgIpc) is 2.82. The first-order valence-corrected chi connectivity index (χ1v) is 11.3. The standard InChI is InChI=1S/C26H30N2O9/c1-26(2,3)37-25(34)28-19(23(31)32)15-21(29)36-20(14-16-8-6-5-7-9-16)22(30)17-10-12-18(13-11-17)27-24(33)35-4/h5-13,19-20H,14-15H2,1-4H3,(H,27,33)(H,28,34)(H,31,32)/t19?,20-/m0/s1. The van der Waals surface area contributed by atoms with E-state index < -0.39 is 54.1 Å². The van der Waals surface area contributed by atoms with Crippen LogP contribution < -0.4 is 10.6 Å². The van der Waals surface area contributed by atoms with Gasteiger partial charge in [0.15, 0.2) is 6.10 Å². The molecule has 37 heavy (non-hydrogen) atoms. The van der Waals surface area contributed by atoms with Crippen LogP contribution in [-0.4, -0.2) is 59.9 Å². The molecule has 0 spiro atoms. The van der Waals surface area contributed by atoms with Gasteiger partial charge in [-0.05, 0) is 50.6 Å². The number of benzene rings is 2. The fraction of sp³-hybridized carbons (Fsp3) is 0.346. The zero-order chi connectivity index (χ0) is 27.6. The highest BCUT2D eigenvalue weighted by molar-refractivity contribution is 6.01. The Morgan fingerprint density at radius 1 is 0.919 bits per heavy atom. The van der Waals surface area contributed by atoms with Gasteiger partial charge in [-0.25, -0.2) is 14.4 Å². The van der Waals surface area contributed by atoms with Gasteiger partial charge in [0.2, 0.25) is 5.78 Å². The molecule has 3 N–H and O–H groups in total. The average molecular weight is 515 g/mol. The molecule has 0 aliphatic heterocycles. The van der Waals surface area contributed by atoms with E-state index in [1.165, 1.54) is 31.4 Å². The molecule has 0 fully saturated rings. The quantitative estimate of drug-likeness (QED) is 0.245. The normalized spacial score (nSPS) is 12.4. The molecule has 0 bridgehead atoms. The van der Waals surface area contributed by atoms with E-state index >= 15 is 0 Å². The summed E-state index contributed by atoms with van der Waals surface area (Å²) in [6, 6.07) is 13.1. The number of alkyl carbamates (subject to hydrolysis) is 1. The minimum Gasteiger partial charge on any atom is -0.480 e. The number of carbonyl (C=O) groups excluding carboxylic acids is 4. The van der Waals surface area contributed by atoms with Gasteiger partial charge < -0.3 is 24.6 Å². The zero-order valence-corrected chi connectivity index (χ0v) is 21.0. The second kappa shape index (κ2) is 13.1. The molecule has 11 nitrogen and oxygen atoms in total. The predicted molar refractivity (Wildman–Crippen MR) is 132 cm³/mol. The third-order valence-electron chi connectivity index (χ3n) is 4.79. The van der Waals surface area contributed by atoms with Crippen molar-refractivity contribution in [3.8, 4) is 0 Å². The minimum atomic E-state index is -1.63. The number of esters is 1. The van der Waals surface area contributed by atoms with Crippen LogP contribution in [0.2, 0.25) is 0 Å². The fourth-order valence-electron chi connectivity index (χ4n) is 3.11. The molecule has 0 heterocycles. The number of anilines is 1. The highest BCUT2D eigenvalue weighted by atomic mass is 16.6. The number of nitrogens with one attached hydrogen (secondary N) is 2. The lowest BCUT2D eigenvalue weighted by molar-refractivity contribution is -0.151. The Bertz CT molecular complexity index is 1110. The number of rotatable bonds is 10. The smallest absolute Gasteiger partial charge is 0.411 e. The summed E-state index contributed by atoms with van der Waals surface area (Å²) in [5.74, 6) is -3.00. The van der Waals surface area contributed by atoms with Gasteiger partial charge >= 0.3 is 24.1 Å². The monoisotopic (exact) mass is 514 g/mol. The lowest BCUT2D eigenvalue weighted by Gasteiger charge is -2.22. The molecule has 2 atom stereocenters. The molecule has 2 aromatic rings. The maximum absolute atomic E-state index is 13.2. The summed E-state index contributed by atoms with van der Waals surface area (Å²) in [6.07, 6.45) is -3.65. The van der Waals surface area contributed by atoms with Crippen LogP contribution in [-0.2, 0) is 30.2 Å². The second-order valence-corrected chi connectivity index (χ2v) is 8.97. The summed E-state index contributed by atoms with van der Waals surface area (Å²) in [7, 11) is 1.22. The maximum Gasteiger partial charge on any atom is 0.411 e. The molecule has 0 aromatic heterocycles. The van der Waals surface area contributed by atoms with Crippen LogP contribution in [0.4, 0.5) is 15.3 Å². The number of carboxylic acids is 1. The molecular formula is C26H30N2O9. The molecule has 0 saturated carbocycles. The van der Waals surface area contributed by atoms with Crippen molar-refractivity contribution < 1.29 is 43.3 Å². The molecule has 0 saturated heterocycles. The second-order valence-electron chi connectivity index (χ2n) is 8.97. The van der Waals surface area contributed by atoms with Crippen molar-refractivity contribution in [3.05, 3.63) is 65.7 Å². The number of aliphatic carboxylic acids is 1. The molecule has 0 aliphatic rings.